The molecule has 2 aromatic heterocycles. The van der Waals surface area contributed by atoms with E-state index in [0.717, 1.165) is 5.75 Å². The fraction of sp³-hybridized carbons (Fsp3) is 0.250. The van der Waals surface area contributed by atoms with Crippen LogP contribution in [0.2, 0.25) is 5.02 Å². The van der Waals surface area contributed by atoms with Gasteiger partial charge in [-0.25, -0.2) is 0 Å². The van der Waals surface area contributed by atoms with Crippen molar-refractivity contribution in [2.24, 2.45) is 5.92 Å². The standard InChI is InChI=1S/C24H24ClN5O3/c1-3-33-20-10-8-19(9-11-20)29-12-13-30-21(27-28-23(30)24(29)32)14-16(2)15-22(31)26-18-6-4-17(25)5-7-18/h4-13,16H,3,14-15H2,1-2H3,(H,26,31). The van der Waals surface area contributed by atoms with Crippen LogP contribution in [0.4, 0.5) is 5.69 Å². The van der Waals surface area contributed by atoms with Crippen LogP contribution in [0.25, 0.3) is 11.3 Å². The second-order valence-corrected chi connectivity index (χ2v) is 8.21. The van der Waals surface area contributed by atoms with Crippen molar-refractivity contribution in [2.75, 3.05) is 11.9 Å². The van der Waals surface area contributed by atoms with E-state index in [4.69, 9.17) is 16.3 Å². The first-order chi connectivity index (χ1) is 15.9. The molecule has 0 radical (unpaired) electrons. The Morgan fingerprint density at radius 1 is 1.09 bits per heavy atom. The lowest BCUT2D eigenvalue weighted by Gasteiger charge is -2.11. The molecule has 0 saturated carbocycles. The molecule has 0 fully saturated rings. The molecule has 1 N–H and O–H groups in total. The Kier molecular flexibility index (Phi) is 6.74. The van der Waals surface area contributed by atoms with Crippen LogP contribution in [0.1, 0.15) is 26.1 Å². The maximum absolute atomic E-state index is 13.0. The summed E-state index contributed by atoms with van der Waals surface area (Å²) < 4.78 is 8.66. The second-order valence-electron chi connectivity index (χ2n) is 7.78. The zero-order valence-electron chi connectivity index (χ0n) is 18.4. The maximum atomic E-state index is 13.0. The van der Waals surface area contributed by atoms with Gasteiger partial charge in [0.2, 0.25) is 11.6 Å². The minimum atomic E-state index is -0.270. The van der Waals surface area contributed by atoms with Crippen molar-refractivity contribution < 1.29 is 9.53 Å². The van der Waals surface area contributed by atoms with Crippen molar-refractivity contribution in [2.45, 2.75) is 26.7 Å². The van der Waals surface area contributed by atoms with E-state index in [0.29, 0.717) is 41.7 Å². The molecule has 8 nitrogen and oxygen atoms in total. The monoisotopic (exact) mass is 465 g/mol. The largest absolute Gasteiger partial charge is 0.494 e. The average molecular weight is 466 g/mol. The lowest BCUT2D eigenvalue weighted by molar-refractivity contribution is -0.116. The van der Waals surface area contributed by atoms with Gasteiger partial charge in [-0.2, -0.15) is 0 Å². The molecule has 170 valence electrons. The van der Waals surface area contributed by atoms with Crippen molar-refractivity contribution >= 4 is 28.8 Å². The number of amides is 1. The number of hydrogen-bond donors (Lipinski definition) is 1. The van der Waals surface area contributed by atoms with Gasteiger partial charge < -0.3 is 10.1 Å². The summed E-state index contributed by atoms with van der Waals surface area (Å²) in [7, 11) is 0. The zero-order valence-corrected chi connectivity index (χ0v) is 19.1. The smallest absolute Gasteiger partial charge is 0.300 e. The van der Waals surface area contributed by atoms with Gasteiger partial charge >= 0.3 is 5.56 Å². The number of aromatic nitrogens is 4. The molecule has 1 amide bonds. The highest BCUT2D eigenvalue weighted by Crippen LogP contribution is 2.17. The van der Waals surface area contributed by atoms with Gasteiger partial charge in [-0.15, -0.1) is 10.2 Å². The molecule has 2 aromatic carbocycles. The van der Waals surface area contributed by atoms with Crippen LogP contribution in [0.3, 0.4) is 0 Å². The van der Waals surface area contributed by atoms with Crippen molar-refractivity contribution in [3.05, 3.63) is 82.1 Å². The third kappa shape index (κ3) is 5.23. The Balaban J connectivity index is 1.46. The van der Waals surface area contributed by atoms with E-state index in [-0.39, 0.29) is 23.0 Å². The van der Waals surface area contributed by atoms with Crippen molar-refractivity contribution in [3.8, 4) is 11.4 Å². The van der Waals surface area contributed by atoms with Gasteiger partial charge in [0.25, 0.3) is 0 Å². The highest BCUT2D eigenvalue weighted by molar-refractivity contribution is 6.30. The van der Waals surface area contributed by atoms with Gasteiger partial charge in [0.15, 0.2) is 0 Å². The number of ether oxygens (including phenoxy) is 1. The lowest BCUT2D eigenvalue weighted by atomic mass is 10.0. The Labute approximate surface area is 195 Å². The molecular formula is C24H24ClN5O3. The summed E-state index contributed by atoms with van der Waals surface area (Å²) >= 11 is 5.88. The molecule has 0 saturated heterocycles. The van der Waals surface area contributed by atoms with E-state index in [1.165, 1.54) is 4.57 Å². The third-order valence-electron chi connectivity index (χ3n) is 5.16. The number of nitrogens with one attached hydrogen (secondary N) is 1. The molecule has 4 aromatic rings. The van der Waals surface area contributed by atoms with E-state index >= 15 is 0 Å². The first kappa shape index (κ1) is 22.5. The van der Waals surface area contributed by atoms with Crippen molar-refractivity contribution in [1.82, 2.24) is 19.2 Å². The lowest BCUT2D eigenvalue weighted by Crippen LogP contribution is -2.21. The van der Waals surface area contributed by atoms with Crippen LogP contribution in [0, 0.1) is 5.92 Å². The molecule has 0 aliphatic heterocycles. The van der Waals surface area contributed by atoms with Gasteiger partial charge in [-0.05, 0) is 61.4 Å². The number of halogens is 1. The fourth-order valence-corrected chi connectivity index (χ4v) is 3.72. The minimum absolute atomic E-state index is 0.00163. The summed E-state index contributed by atoms with van der Waals surface area (Å²) in [5.74, 6) is 1.27. The van der Waals surface area contributed by atoms with Crippen LogP contribution in [0.5, 0.6) is 5.75 Å². The number of rotatable bonds is 8. The van der Waals surface area contributed by atoms with E-state index in [9.17, 15) is 9.59 Å². The second kappa shape index (κ2) is 9.87. The number of benzene rings is 2. The zero-order chi connectivity index (χ0) is 23.4. The molecular weight excluding hydrogens is 442 g/mol. The summed E-state index contributed by atoms with van der Waals surface area (Å²) in [6.07, 6.45) is 4.27. The number of hydrogen-bond acceptors (Lipinski definition) is 5. The highest BCUT2D eigenvalue weighted by atomic mass is 35.5. The summed E-state index contributed by atoms with van der Waals surface area (Å²) in [4.78, 5) is 25.3. The summed E-state index contributed by atoms with van der Waals surface area (Å²) in [5.41, 5.74) is 1.37. The number of nitrogens with zero attached hydrogens (tertiary/aromatic N) is 4. The molecule has 1 unspecified atom stereocenters. The van der Waals surface area contributed by atoms with Crippen molar-refractivity contribution in [1.29, 1.82) is 0 Å². The molecule has 0 spiro atoms. The molecule has 9 heteroatoms. The van der Waals surface area contributed by atoms with Gasteiger partial charge in [-0.1, -0.05) is 18.5 Å². The highest BCUT2D eigenvalue weighted by Gasteiger charge is 2.16. The van der Waals surface area contributed by atoms with E-state index in [1.807, 2.05) is 38.1 Å². The first-order valence-corrected chi connectivity index (χ1v) is 11.1. The molecule has 0 aliphatic carbocycles. The van der Waals surface area contributed by atoms with Crippen LogP contribution in [-0.2, 0) is 11.2 Å². The van der Waals surface area contributed by atoms with Crippen LogP contribution < -0.4 is 15.6 Å². The SMILES string of the molecule is CCOc1ccc(-n2ccn3c(CC(C)CC(=O)Nc4ccc(Cl)cc4)nnc3c2=O)cc1. The van der Waals surface area contributed by atoms with Crippen LogP contribution in [-0.4, -0.2) is 31.7 Å². The quantitative estimate of drug-likeness (QED) is 0.422. The first-order valence-electron chi connectivity index (χ1n) is 10.7. The molecule has 2 heterocycles. The number of carbonyl (C=O) groups is 1. The Morgan fingerprint density at radius 3 is 2.52 bits per heavy atom. The number of carbonyl (C=O) groups excluding carboxylic acids is 1. The Hall–Kier alpha value is -3.65. The molecule has 0 aliphatic rings. The predicted molar refractivity (Wildman–Crippen MR) is 127 cm³/mol. The van der Waals surface area contributed by atoms with Crippen LogP contribution >= 0.6 is 11.6 Å². The van der Waals surface area contributed by atoms with E-state index in [1.54, 1.807) is 41.1 Å². The van der Waals surface area contributed by atoms with E-state index < -0.39 is 0 Å². The van der Waals surface area contributed by atoms with Gasteiger partial charge in [0, 0.05) is 41.6 Å². The van der Waals surface area contributed by atoms with Crippen LogP contribution in [0.15, 0.2) is 65.7 Å². The molecule has 1 atom stereocenters. The van der Waals surface area contributed by atoms with Gasteiger partial charge in [0.05, 0.1) is 6.61 Å². The van der Waals surface area contributed by atoms with Crippen molar-refractivity contribution in [3.63, 3.8) is 0 Å². The number of fused-ring (bicyclic) bond motifs is 1. The summed E-state index contributed by atoms with van der Waals surface area (Å²) in [6.45, 7) is 4.46. The fourth-order valence-electron chi connectivity index (χ4n) is 3.59. The summed E-state index contributed by atoms with van der Waals surface area (Å²) in [5, 5.41) is 11.8. The Bertz CT molecular complexity index is 1310. The maximum Gasteiger partial charge on any atom is 0.300 e. The van der Waals surface area contributed by atoms with Gasteiger partial charge in [-0.3, -0.25) is 18.6 Å². The molecule has 33 heavy (non-hydrogen) atoms. The number of anilines is 1. The third-order valence-corrected chi connectivity index (χ3v) is 5.41. The molecule has 0 bridgehead atoms. The summed E-state index contributed by atoms with van der Waals surface area (Å²) in [6, 6.07) is 14.2. The average Bonchev–Trinajstić information content (AvgIpc) is 3.20. The topological polar surface area (TPSA) is 90.5 Å². The molecule has 4 rings (SSSR count). The minimum Gasteiger partial charge on any atom is -0.494 e. The van der Waals surface area contributed by atoms with E-state index in [2.05, 4.69) is 15.5 Å². The predicted octanol–water partition coefficient (Wildman–Crippen LogP) is 4.14. The Morgan fingerprint density at radius 2 is 1.82 bits per heavy atom. The normalized spacial score (nSPS) is 12.0. The van der Waals surface area contributed by atoms with Gasteiger partial charge in [0.1, 0.15) is 11.6 Å².